The highest BCUT2D eigenvalue weighted by Gasteiger charge is 2.12. The third-order valence-corrected chi connectivity index (χ3v) is 3.49. The molecule has 0 heterocycles. The Hall–Kier alpha value is -1.06. The van der Waals surface area contributed by atoms with Crippen molar-refractivity contribution in [2.75, 3.05) is 34.3 Å². The maximum absolute atomic E-state index is 5.49. The molecule has 0 radical (unpaired) electrons. The lowest BCUT2D eigenvalue weighted by atomic mass is 9.96. The summed E-state index contributed by atoms with van der Waals surface area (Å²) in [6, 6.07) is 4.46. The van der Waals surface area contributed by atoms with Crippen LogP contribution in [0.3, 0.4) is 0 Å². The van der Waals surface area contributed by atoms with Crippen LogP contribution in [0.4, 0.5) is 0 Å². The highest BCUT2D eigenvalue weighted by molar-refractivity contribution is 5.43. The summed E-state index contributed by atoms with van der Waals surface area (Å²) in [4.78, 5) is 2.34. The number of ether oxygens (including phenoxy) is 1. The summed E-state index contributed by atoms with van der Waals surface area (Å²) in [6.07, 6.45) is 0. The molecule has 0 aromatic heterocycles. The first-order chi connectivity index (χ1) is 8.99. The summed E-state index contributed by atoms with van der Waals surface area (Å²) in [5.41, 5.74) is 3.99. The molecule has 0 aliphatic heterocycles. The van der Waals surface area contributed by atoms with Crippen molar-refractivity contribution in [3.8, 4) is 5.75 Å². The van der Waals surface area contributed by atoms with E-state index in [1.807, 2.05) is 7.05 Å². The number of hydrogen-bond donors (Lipinski definition) is 1. The van der Waals surface area contributed by atoms with E-state index in [4.69, 9.17) is 4.74 Å². The Morgan fingerprint density at radius 3 is 2.53 bits per heavy atom. The predicted molar refractivity (Wildman–Crippen MR) is 82.1 cm³/mol. The Morgan fingerprint density at radius 2 is 2.00 bits per heavy atom. The van der Waals surface area contributed by atoms with E-state index in [9.17, 15) is 0 Å². The molecule has 1 rings (SSSR count). The lowest BCUT2D eigenvalue weighted by Gasteiger charge is -2.21. The van der Waals surface area contributed by atoms with Gasteiger partial charge < -0.3 is 15.0 Å². The molecule has 3 heteroatoms. The number of benzene rings is 1. The van der Waals surface area contributed by atoms with Gasteiger partial charge in [0.15, 0.2) is 0 Å². The molecule has 0 saturated carbocycles. The van der Waals surface area contributed by atoms with Crippen molar-refractivity contribution in [2.24, 2.45) is 0 Å². The van der Waals surface area contributed by atoms with E-state index >= 15 is 0 Å². The average Bonchev–Trinajstić information content (AvgIpc) is 2.37. The highest BCUT2D eigenvalue weighted by Crippen LogP contribution is 2.29. The van der Waals surface area contributed by atoms with Crippen LogP contribution in [0.5, 0.6) is 5.75 Å². The van der Waals surface area contributed by atoms with E-state index in [1.54, 1.807) is 7.11 Å². The van der Waals surface area contributed by atoms with Crippen LogP contribution < -0.4 is 10.1 Å². The smallest absolute Gasteiger partial charge is 0.122 e. The third-order valence-electron chi connectivity index (χ3n) is 3.49. The average molecular weight is 264 g/mol. The number of nitrogens with one attached hydrogen (secondary N) is 1. The van der Waals surface area contributed by atoms with Gasteiger partial charge in [-0.15, -0.1) is 0 Å². The molecular weight excluding hydrogens is 236 g/mol. The summed E-state index contributed by atoms with van der Waals surface area (Å²) in [5, 5.41) is 3.19. The summed E-state index contributed by atoms with van der Waals surface area (Å²) in [6.45, 7) is 9.64. The molecule has 0 aliphatic carbocycles. The fourth-order valence-electron chi connectivity index (χ4n) is 2.22. The van der Waals surface area contributed by atoms with Crippen LogP contribution in [-0.2, 0) is 6.54 Å². The molecule has 0 atom stereocenters. The van der Waals surface area contributed by atoms with Crippen LogP contribution in [0.1, 0.15) is 36.5 Å². The molecule has 0 saturated heterocycles. The zero-order valence-corrected chi connectivity index (χ0v) is 13.2. The van der Waals surface area contributed by atoms with Gasteiger partial charge in [-0.05, 0) is 49.7 Å². The van der Waals surface area contributed by atoms with Crippen LogP contribution in [0, 0.1) is 6.92 Å². The minimum absolute atomic E-state index is 0.483. The fourth-order valence-corrected chi connectivity index (χ4v) is 2.22. The van der Waals surface area contributed by atoms with Crippen molar-refractivity contribution in [1.29, 1.82) is 0 Å². The number of hydrogen-bond acceptors (Lipinski definition) is 3. The molecule has 3 nitrogen and oxygen atoms in total. The zero-order chi connectivity index (χ0) is 14.4. The maximum Gasteiger partial charge on any atom is 0.122 e. The minimum Gasteiger partial charge on any atom is -0.496 e. The maximum atomic E-state index is 5.49. The first-order valence-electron chi connectivity index (χ1n) is 7.00. The zero-order valence-electron chi connectivity index (χ0n) is 13.2. The summed E-state index contributed by atoms with van der Waals surface area (Å²) < 4.78 is 5.49. The molecule has 0 spiro atoms. The van der Waals surface area contributed by atoms with E-state index < -0.39 is 0 Å². The van der Waals surface area contributed by atoms with Crippen molar-refractivity contribution in [1.82, 2.24) is 10.2 Å². The van der Waals surface area contributed by atoms with E-state index in [2.05, 4.69) is 50.2 Å². The fraction of sp³-hybridized carbons (Fsp3) is 0.625. The molecule has 0 aliphatic rings. The third kappa shape index (κ3) is 4.51. The Morgan fingerprint density at radius 1 is 1.32 bits per heavy atom. The molecule has 19 heavy (non-hydrogen) atoms. The van der Waals surface area contributed by atoms with Crippen molar-refractivity contribution >= 4 is 0 Å². The summed E-state index contributed by atoms with van der Waals surface area (Å²) >= 11 is 0. The second kappa shape index (κ2) is 7.51. The van der Waals surface area contributed by atoms with Gasteiger partial charge in [0.05, 0.1) is 7.11 Å². The van der Waals surface area contributed by atoms with Crippen LogP contribution in [0.25, 0.3) is 0 Å². The molecule has 1 aromatic carbocycles. The predicted octanol–water partition coefficient (Wildman–Crippen LogP) is 2.78. The number of likely N-dealkylation sites (N-methyl/N-ethyl adjacent to an activating group) is 2. The van der Waals surface area contributed by atoms with Gasteiger partial charge in [-0.2, -0.15) is 0 Å². The van der Waals surface area contributed by atoms with Crippen molar-refractivity contribution in [3.63, 3.8) is 0 Å². The van der Waals surface area contributed by atoms with Gasteiger partial charge >= 0.3 is 0 Å². The second-order valence-electron chi connectivity index (χ2n) is 5.52. The first kappa shape index (κ1) is 16.0. The van der Waals surface area contributed by atoms with Crippen LogP contribution >= 0.6 is 0 Å². The van der Waals surface area contributed by atoms with Gasteiger partial charge in [-0.3, -0.25) is 0 Å². The lowest BCUT2D eigenvalue weighted by Crippen LogP contribution is -2.27. The Kier molecular flexibility index (Phi) is 6.32. The van der Waals surface area contributed by atoms with Gasteiger partial charge in [0.25, 0.3) is 0 Å². The number of nitrogens with zero attached hydrogens (tertiary/aromatic N) is 1. The molecule has 0 amide bonds. The molecular formula is C16H28N2O. The van der Waals surface area contributed by atoms with E-state index in [0.29, 0.717) is 5.92 Å². The molecule has 0 bridgehead atoms. The van der Waals surface area contributed by atoms with E-state index in [1.165, 1.54) is 16.7 Å². The molecule has 0 unspecified atom stereocenters. The Bertz CT molecular complexity index is 402. The Balaban J connectivity index is 2.91. The van der Waals surface area contributed by atoms with Crippen LogP contribution in [0.2, 0.25) is 0 Å². The standard InChI is InChI=1S/C16H28N2O/c1-12(2)15-10-14(11-18(5)8-7-17-4)13(3)9-16(15)19-6/h9-10,12,17H,7-8,11H2,1-6H3. The lowest BCUT2D eigenvalue weighted by molar-refractivity contribution is 0.327. The second-order valence-corrected chi connectivity index (χ2v) is 5.52. The largest absolute Gasteiger partial charge is 0.496 e. The van der Waals surface area contributed by atoms with Gasteiger partial charge in [-0.1, -0.05) is 19.9 Å². The van der Waals surface area contributed by atoms with Gasteiger partial charge in [0.1, 0.15) is 5.75 Å². The molecule has 1 aromatic rings. The SMILES string of the molecule is CNCCN(C)Cc1cc(C(C)C)c(OC)cc1C. The number of rotatable bonds is 7. The first-order valence-corrected chi connectivity index (χ1v) is 7.00. The molecule has 1 N–H and O–H groups in total. The quantitative estimate of drug-likeness (QED) is 0.819. The summed E-state index contributed by atoms with van der Waals surface area (Å²) in [5.74, 6) is 1.49. The van der Waals surface area contributed by atoms with Crippen molar-refractivity contribution < 1.29 is 4.74 Å². The normalized spacial score (nSPS) is 11.4. The van der Waals surface area contributed by atoms with Gasteiger partial charge in [-0.25, -0.2) is 0 Å². The molecule has 108 valence electrons. The molecule has 0 fully saturated rings. The van der Waals surface area contributed by atoms with Crippen molar-refractivity contribution in [2.45, 2.75) is 33.2 Å². The van der Waals surface area contributed by atoms with Gasteiger partial charge in [0.2, 0.25) is 0 Å². The van der Waals surface area contributed by atoms with Crippen molar-refractivity contribution in [3.05, 3.63) is 28.8 Å². The monoisotopic (exact) mass is 264 g/mol. The highest BCUT2D eigenvalue weighted by atomic mass is 16.5. The van der Waals surface area contributed by atoms with Gasteiger partial charge in [0, 0.05) is 19.6 Å². The minimum atomic E-state index is 0.483. The number of methoxy groups -OCH3 is 1. The summed E-state index contributed by atoms with van der Waals surface area (Å²) in [7, 11) is 5.90. The number of aryl methyl sites for hydroxylation is 1. The van der Waals surface area contributed by atoms with Crippen LogP contribution in [-0.4, -0.2) is 39.2 Å². The topological polar surface area (TPSA) is 24.5 Å². The van der Waals surface area contributed by atoms with Crippen LogP contribution in [0.15, 0.2) is 12.1 Å². The van der Waals surface area contributed by atoms with E-state index in [-0.39, 0.29) is 0 Å². The van der Waals surface area contributed by atoms with E-state index in [0.717, 1.165) is 25.4 Å². The Labute approximate surface area is 118 Å².